The number of benzene rings is 1. The summed E-state index contributed by atoms with van der Waals surface area (Å²) in [5.74, 6) is -0.933. The first-order valence-corrected chi connectivity index (χ1v) is 14.5. The van der Waals surface area contributed by atoms with Crippen molar-refractivity contribution in [3.05, 3.63) is 63.5 Å². The number of carbonyl (C=O) groups is 3. The van der Waals surface area contributed by atoms with Crippen molar-refractivity contribution in [3.8, 4) is 6.07 Å². The number of hydrogen-bond acceptors (Lipinski definition) is 7. The summed E-state index contributed by atoms with van der Waals surface area (Å²) in [5.41, 5.74) is 5.00. The molecule has 1 saturated heterocycles. The topological polar surface area (TPSA) is 198 Å². The molecule has 3 aromatic rings. The zero-order valence-electron chi connectivity index (χ0n) is 23.8. The lowest BCUT2D eigenvalue weighted by Gasteiger charge is -2.37. The van der Waals surface area contributed by atoms with E-state index in [2.05, 4.69) is 36.1 Å². The Bertz CT molecular complexity index is 1630. The first-order chi connectivity index (χ1) is 21.4. The minimum Gasteiger partial charge on any atom is -0.349 e. The Morgan fingerprint density at radius 1 is 1.18 bits per heavy atom. The second-order valence-electron chi connectivity index (χ2n) is 11.1. The Hall–Kier alpha value is -4.62. The average molecular weight is 647 g/mol. The molecule has 0 unspecified atom stereocenters. The molecule has 1 atom stereocenters. The van der Waals surface area contributed by atoms with Gasteiger partial charge in [0.1, 0.15) is 0 Å². The van der Waals surface area contributed by atoms with E-state index in [-0.39, 0.29) is 70.0 Å². The lowest BCUT2D eigenvalue weighted by atomic mass is 9.86. The van der Waals surface area contributed by atoms with Gasteiger partial charge < -0.3 is 31.6 Å². The smallest absolute Gasteiger partial charge is 0.349 e. The number of rotatable bonds is 9. The number of nitrogens with two attached hydrogens (primary N) is 1. The van der Waals surface area contributed by atoms with Crippen LogP contribution in [0.3, 0.4) is 0 Å². The molecular weight excluding hydrogens is 617 g/mol. The monoisotopic (exact) mass is 646 g/mol. The van der Waals surface area contributed by atoms with Gasteiger partial charge in [-0.15, -0.1) is 0 Å². The van der Waals surface area contributed by atoms with Crippen LogP contribution in [-0.4, -0.2) is 74.6 Å². The Morgan fingerprint density at radius 2 is 1.93 bits per heavy atom. The van der Waals surface area contributed by atoms with Crippen LogP contribution in [0.15, 0.2) is 24.4 Å². The van der Waals surface area contributed by atoms with Crippen molar-refractivity contribution in [2.75, 3.05) is 25.0 Å². The molecule has 0 spiro atoms. The van der Waals surface area contributed by atoms with E-state index in [1.807, 2.05) is 0 Å². The summed E-state index contributed by atoms with van der Waals surface area (Å²) in [5, 5.41) is 23.0. The number of likely N-dealkylation sites (tertiary alicyclic amines) is 1. The second-order valence-corrected chi connectivity index (χ2v) is 11.5. The minimum absolute atomic E-state index is 0.0203. The highest BCUT2D eigenvalue weighted by Gasteiger charge is 2.38. The average Bonchev–Trinajstić information content (AvgIpc) is 3.72. The van der Waals surface area contributed by atoms with E-state index >= 15 is 0 Å². The molecule has 238 valence electrons. The Labute approximate surface area is 260 Å². The lowest BCUT2D eigenvalue weighted by molar-refractivity contribution is -0.141. The predicted molar refractivity (Wildman–Crippen MR) is 155 cm³/mol. The SMILES string of the molecule is N#CCc1[nH]nc(C(F)(F)F)c1Cc1cnc(C(=O)Nc2ccc(C(=O)NC3CC(NC(=O)N4CC[C@@H](CN)C4)C3)c(Cl)c2)[nH]1. The molecule has 45 heavy (non-hydrogen) atoms. The van der Waals surface area contributed by atoms with E-state index in [0.29, 0.717) is 38.4 Å². The maximum atomic E-state index is 13.4. The molecule has 13 nitrogen and oxygen atoms in total. The van der Waals surface area contributed by atoms with Gasteiger partial charge in [0.05, 0.1) is 28.8 Å². The Kier molecular flexibility index (Phi) is 9.30. The van der Waals surface area contributed by atoms with E-state index in [1.165, 1.54) is 24.4 Å². The second kappa shape index (κ2) is 13.2. The fraction of sp³-hybridized carbons (Fsp3) is 0.429. The summed E-state index contributed by atoms with van der Waals surface area (Å²) in [6.07, 6.45) is -2.04. The van der Waals surface area contributed by atoms with Crippen molar-refractivity contribution in [1.29, 1.82) is 5.26 Å². The molecule has 3 heterocycles. The number of amides is 4. The number of imidazole rings is 1. The molecule has 1 aromatic carbocycles. The number of nitrogens with one attached hydrogen (secondary N) is 5. The van der Waals surface area contributed by atoms with Crippen LogP contribution >= 0.6 is 11.6 Å². The molecule has 2 aromatic heterocycles. The number of anilines is 1. The lowest BCUT2D eigenvalue weighted by Crippen LogP contribution is -2.55. The molecule has 17 heteroatoms. The van der Waals surface area contributed by atoms with Crippen LogP contribution in [0, 0.1) is 17.2 Å². The molecule has 0 radical (unpaired) electrons. The molecule has 7 N–H and O–H groups in total. The van der Waals surface area contributed by atoms with Crippen LogP contribution in [0.4, 0.5) is 23.7 Å². The first kappa shape index (κ1) is 31.8. The van der Waals surface area contributed by atoms with Crippen molar-refractivity contribution in [2.45, 2.75) is 50.4 Å². The zero-order chi connectivity index (χ0) is 32.3. The van der Waals surface area contributed by atoms with E-state index in [0.717, 1.165) is 6.42 Å². The third kappa shape index (κ3) is 7.37. The van der Waals surface area contributed by atoms with E-state index in [9.17, 15) is 27.6 Å². The van der Waals surface area contributed by atoms with Crippen LogP contribution in [0.2, 0.25) is 5.02 Å². The third-order valence-electron chi connectivity index (χ3n) is 7.87. The molecule has 5 rings (SSSR count). The van der Waals surface area contributed by atoms with Crippen LogP contribution in [-0.2, 0) is 19.0 Å². The number of hydrogen-bond donors (Lipinski definition) is 6. The normalized spacial score (nSPS) is 19.5. The van der Waals surface area contributed by atoms with Gasteiger partial charge >= 0.3 is 12.2 Å². The van der Waals surface area contributed by atoms with Crippen molar-refractivity contribution in [2.24, 2.45) is 11.7 Å². The molecule has 2 aliphatic rings. The zero-order valence-corrected chi connectivity index (χ0v) is 24.6. The fourth-order valence-electron chi connectivity index (χ4n) is 5.37. The molecule has 1 saturated carbocycles. The summed E-state index contributed by atoms with van der Waals surface area (Å²) < 4.78 is 40.2. The van der Waals surface area contributed by atoms with Gasteiger partial charge in [0, 0.05) is 54.7 Å². The molecule has 4 amide bonds. The number of halogens is 4. The van der Waals surface area contributed by atoms with Crippen LogP contribution in [0.25, 0.3) is 0 Å². The van der Waals surface area contributed by atoms with Gasteiger partial charge in [-0.05, 0) is 49.9 Å². The van der Waals surface area contributed by atoms with Crippen LogP contribution in [0.5, 0.6) is 0 Å². The molecule has 1 aliphatic heterocycles. The van der Waals surface area contributed by atoms with Crippen LogP contribution in [0.1, 0.15) is 62.9 Å². The van der Waals surface area contributed by atoms with Gasteiger partial charge in [0.15, 0.2) is 11.5 Å². The molecule has 1 aliphatic carbocycles. The number of H-pyrrole nitrogens is 2. The maximum Gasteiger partial charge on any atom is 0.435 e. The predicted octanol–water partition coefficient (Wildman–Crippen LogP) is 2.97. The quantitative estimate of drug-likeness (QED) is 0.205. The number of alkyl halides is 3. The summed E-state index contributed by atoms with van der Waals surface area (Å²) in [6, 6.07) is 5.82. The van der Waals surface area contributed by atoms with E-state index < -0.39 is 23.7 Å². The van der Waals surface area contributed by atoms with Gasteiger partial charge in [-0.3, -0.25) is 14.7 Å². The van der Waals surface area contributed by atoms with Gasteiger partial charge in [-0.2, -0.15) is 23.5 Å². The van der Waals surface area contributed by atoms with Gasteiger partial charge in [0.25, 0.3) is 11.8 Å². The summed E-state index contributed by atoms with van der Waals surface area (Å²) in [6.45, 7) is 1.89. The minimum atomic E-state index is -4.73. The van der Waals surface area contributed by atoms with Gasteiger partial charge in [0.2, 0.25) is 0 Å². The van der Waals surface area contributed by atoms with Crippen molar-refractivity contribution >= 4 is 35.1 Å². The van der Waals surface area contributed by atoms with E-state index in [1.54, 1.807) is 11.0 Å². The number of nitrogens with zero attached hydrogens (tertiary/aromatic N) is 4. The standard InChI is InChI=1S/C28H30ClF3N10O3/c29-21-10-15(1-2-19(21)25(43)38-16-7-17(8-16)39-27(45)42-6-4-14(11-34)13-42)37-26(44)24-35-12-18(36-24)9-20-22(3-5-33)40-41-23(20)28(30,31)32/h1-2,10,12,14,16-17H,3-4,6-9,11,13,34H2,(H,35,36)(H,37,44)(H,38,43)(H,39,45)(H,40,41)/t14-,16?,17?/m0/s1. The Morgan fingerprint density at radius 3 is 2.60 bits per heavy atom. The number of aromatic nitrogens is 4. The highest BCUT2D eigenvalue weighted by atomic mass is 35.5. The van der Waals surface area contributed by atoms with Gasteiger partial charge in [-0.25, -0.2) is 9.78 Å². The number of aromatic amines is 2. The molecule has 2 fully saturated rings. The highest BCUT2D eigenvalue weighted by molar-refractivity contribution is 6.34. The summed E-state index contributed by atoms with van der Waals surface area (Å²) in [4.78, 5) is 46.4. The highest BCUT2D eigenvalue weighted by Crippen LogP contribution is 2.33. The fourth-order valence-corrected chi connectivity index (χ4v) is 5.63. The number of carbonyl (C=O) groups excluding carboxylic acids is 3. The molecule has 0 bridgehead atoms. The van der Waals surface area contributed by atoms with Crippen molar-refractivity contribution < 1.29 is 27.6 Å². The number of urea groups is 1. The van der Waals surface area contributed by atoms with E-state index in [4.69, 9.17) is 22.6 Å². The van der Waals surface area contributed by atoms with Crippen LogP contribution < -0.4 is 21.7 Å². The summed E-state index contributed by atoms with van der Waals surface area (Å²) in [7, 11) is 0. The van der Waals surface area contributed by atoms with Crippen molar-refractivity contribution in [1.82, 2.24) is 35.7 Å². The first-order valence-electron chi connectivity index (χ1n) is 14.2. The number of nitriles is 1. The van der Waals surface area contributed by atoms with Gasteiger partial charge in [-0.1, -0.05) is 11.6 Å². The van der Waals surface area contributed by atoms with Crippen molar-refractivity contribution in [3.63, 3.8) is 0 Å². The maximum absolute atomic E-state index is 13.4. The largest absolute Gasteiger partial charge is 0.435 e. The molecular formula is C28H30ClF3N10O3. The third-order valence-corrected chi connectivity index (χ3v) is 8.18. The Balaban J connectivity index is 1.12. The summed E-state index contributed by atoms with van der Waals surface area (Å²) >= 11 is 6.34.